The molecule has 0 radical (unpaired) electrons. The molecule has 1 aliphatic heterocycles. The number of carbonyl (C=O) groups is 1. The topological polar surface area (TPSA) is 58.6 Å². The number of ether oxygens (including phenoxy) is 1. The monoisotopic (exact) mass is 267 g/mol. The minimum Gasteiger partial charge on any atom is -0.490 e. The Bertz CT molecular complexity index is 444. The van der Waals surface area contributed by atoms with Crippen LogP contribution in [0.2, 0.25) is 0 Å². The lowest BCUT2D eigenvalue weighted by atomic mass is 9.99. The molecule has 2 rings (SSSR count). The zero-order valence-corrected chi connectivity index (χ0v) is 10.7. The van der Waals surface area contributed by atoms with Gasteiger partial charge in [-0.3, -0.25) is 4.79 Å². The van der Waals surface area contributed by atoms with Crippen molar-refractivity contribution >= 4 is 5.97 Å². The fourth-order valence-corrected chi connectivity index (χ4v) is 2.20. The van der Waals surface area contributed by atoms with Gasteiger partial charge in [0, 0.05) is 0 Å². The molecular weight excluding hydrogens is 249 g/mol. The summed E-state index contributed by atoms with van der Waals surface area (Å²) in [6.07, 6.45) is 1.91. The standard InChI is InChI=1S/C14H18FNO3/c15-12-7-11(8-14(17)18)1-2-13(12)19-9-10-3-5-16-6-4-10/h1-2,7,10,16H,3-6,8-9H2,(H,17,18). The molecule has 1 fully saturated rings. The molecule has 1 aromatic rings. The van der Waals surface area contributed by atoms with Crippen molar-refractivity contribution in [2.45, 2.75) is 19.3 Å². The van der Waals surface area contributed by atoms with E-state index in [9.17, 15) is 9.18 Å². The van der Waals surface area contributed by atoms with Crippen LogP contribution in [0.3, 0.4) is 0 Å². The quantitative estimate of drug-likeness (QED) is 0.854. The molecule has 0 aliphatic carbocycles. The van der Waals surface area contributed by atoms with Crippen LogP contribution in [0.5, 0.6) is 5.75 Å². The molecule has 0 saturated carbocycles. The Balaban J connectivity index is 1.91. The van der Waals surface area contributed by atoms with Gasteiger partial charge in [-0.15, -0.1) is 0 Å². The van der Waals surface area contributed by atoms with Gasteiger partial charge in [-0.25, -0.2) is 4.39 Å². The highest BCUT2D eigenvalue weighted by atomic mass is 19.1. The van der Waals surface area contributed by atoms with Crippen LogP contribution in [0.4, 0.5) is 4.39 Å². The second-order valence-corrected chi connectivity index (χ2v) is 4.84. The maximum atomic E-state index is 13.7. The maximum absolute atomic E-state index is 13.7. The molecular formula is C14H18FNO3. The van der Waals surface area contributed by atoms with Crippen molar-refractivity contribution in [2.75, 3.05) is 19.7 Å². The van der Waals surface area contributed by atoms with Gasteiger partial charge in [0.15, 0.2) is 11.6 Å². The van der Waals surface area contributed by atoms with Crippen molar-refractivity contribution in [1.29, 1.82) is 0 Å². The van der Waals surface area contributed by atoms with Gasteiger partial charge in [0.1, 0.15) is 0 Å². The molecule has 0 amide bonds. The molecule has 1 aromatic carbocycles. The van der Waals surface area contributed by atoms with Crippen LogP contribution in [0, 0.1) is 11.7 Å². The number of rotatable bonds is 5. The van der Waals surface area contributed by atoms with E-state index in [1.54, 1.807) is 6.07 Å². The number of benzene rings is 1. The average molecular weight is 267 g/mol. The van der Waals surface area contributed by atoms with Crippen molar-refractivity contribution in [1.82, 2.24) is 5.32 Å². The molecule has 1 saturated heterocycles. The lowest BCUT2D eigenvalue weighted by Crippen LogP contribution is -2.30. The molecule has 0 unspecified atom stereocenters. The Morgan fingerprint density at radius 1 is 1.42 bits per heavy atom. The van der Waals surface area contributed by atoms with Crippen LogP contribution < -0.4 is 10.1 Å². The predicted octanol–water partition coefficient (Wildman–Crippen LogP) is 1.83. The van der Waals surface area contributed by atoms with Gasteiger partial charge < -0.3 is 15.2 Å². The molecule has 104 valence electrons. The predicted molar refractivity (Wildman–Crippen MR) is 68.8 cm³/mol. The van der Waals surface area contributed by atoms with E-state index in [1.807, 2.05) is 0 Å². The number of aliphatic carboxylic acids is 1. The normalized spacial score (nSPS) is 16.3. The van der Waals surface area contributed by atoms with Crippen LogP contribution in [-0.4, -0.2) is 30.8 Å². The number of hydrogen-bond acceptors (Lipinski definition) is 3. The molecule has 0 aromatic heterocycles. The summed E-state index contributed by atoms with van der Waals surface area (Å²) in [7, 11) is 0. The van der Waals surface area contributed by atoms with Crippen molar-refractivity contribution in [2.24, 2.45) is 5.92 Å². The highest BCUT2D eigenvalue weighted by Gasteiger charge is 2.15. The first-order chi connectivity index (χ1) is 9.15. The third kappa shape index (κ3) is 4.21. The van der Waals surface area contributed by atoms with E-state index in [1.165, 1.54) is 12.1 Å². The molecule has 0 atom stereocenters. The smallest absolute Gasteiger partial charge is 0.307 e. The number of carboxylic acid groups (broad SMARTS) is 1. The van der Waals surface area contributed by atoms with E-state index < -0.39 is 11.8 Å². The van der Waals surface area contributed by atoms with Crippen LogP contribution in [-0.2, 0) is 11.2 Å². The van der Waals surface area contributed by atoms with Crippen LogP contribution in [0.25, 0.3) is 0 Å². The second-order valence-electron chi connectivity index (χ2n) is 4.84. The minimum atomic E-state index is -0.970. The zero-order valence-electron chi connectivity index (χ0n) is 10.7. The summed E-state index contributed by atoms with van der Waals surface area (Å²) in [6, 6.07) is 4.33. The summed E-state index contributed by atoms with van der Waals surface area (Å²) in [4.78, 5) is 10.5. The lowest BCUT2D eigenvalue weighted by Gasteiger charge is -2.22. The number of halogens is 1. The number of nitrogens with one attached hydrogen (secondary N) is 1. The number of hydrogen-bond donors (Lipinski definition) is 2. The molecule has 2 N–H and O–H groups in total. The van der Waals surface area contributed by atoms with Gasteiger partial charge in [-0.2, -0.15) is 0 Å². The first-order valence-corrected chi connectivity index (χ1v) is 6.49. The van der Waals surface area contributed by atoms with E-state index in [-0.39, 0.29) is 12.2 Å². The van der Waals surface area contributed by atoms with E-state index in [0.29, 0.717) is 18.1 Å². The van der Waals surface area contributed by atoms with E-state index >= 15 is 0 Å². The van der Waals surface area contributed by atoms with Gasteiger partial charge in [-0.05, 0) is 49.5 Å². The molecule has 1 aliphatic rings. The first kappa shape index (κ1) is 13.8. The highest BCUT2D eigenvalue weighted by molar-refractivity contribution is 5.70. The second kappa shape index (κ2) is 6.52. The van der Waals surface area contributed by atoms with Crippen molar-refractivity contribution in [3.05, 3.63) is 29.6 Å². The fraction of sp³-hybridized carbons (Fsp3) is 0.500. The number of carboxylic acids is 1. The Hall–Kier alpha value is -1.62. The third-order valence-corrected chi connectivity index (χ3v) is 3.28. The molecule has 0 spiro atoms. The average Bonchev–Trinajstić information content (AvgIpc) is 2.38. The molecule has 4 nitrogen and oxygen atoms in total. The van der Waals surface area contributed by atoms with Crippen LogP contribution >= 0.6 is 0 Å². The van der Waals surface area contributed by atoms with Gasteiger partial charge in [0.25, 0.3) is 0 Å². The Labute approximate surface area is 111 Å². The molecule has 0 bridgehead atoms. The molecule has 1 heterocycles. The Kier molecular flexibility index (Phi) is 4.74. The summed E-state index contributed by atoms with van der Waals surface area (Å²) in [5.74, 6) is -0.803. The van der Waals surface area contributed by atoms with Crippen LogP contribution in [0.15, 0.2) is 18.2 Å². The van der Waals surface area contributed by atoms with Gasteiger partial charge >= 0.3 is 5.97 Å². The summed E-state index contributed by atoms with van der Waals surface area (Å²) >= 11 is 0. The summed E-state index contributed by atoms with van der Waals surface area (Å²) in [5, 5.41) is 11.9. The lowest BCUT2D eigenvalue weighted by molar-refractivity contribution is -0.136. The first-order valence-electron chi connectivity index (χ1n) is 6.49. The summed E-state index contributed by atoms with van der Waals surface area (Å²) in [6.45, 7) is 2.47. The van der Waals surface area contributed by atoms with Crippen molar-refractivity contribution in [3.63, 3.8) is 0 Å². The van der Waals surface area contributed by atoms with E-state index in [0.717, 1.165) is 25.9 Å². The third-order valence-electron chi connectivity index (χ3n) is 3.28. The SMILES string of the molecule is O=C(O)Cc1ccc(OCC2CCNCC2)c(F)c1. The zero-order chi connectivity index (χ0) is 13.7. The summed E-state index contributed by atoms with van der Waals surface area (Å²) in [5.41, 5.74) is 0.444. The van der Waals surface area contributed by atoms with Gasteiger partial charge in [-0.1, -0.05) is 6.07 Å². The fourth-order valence-electron chi connectivity index (χ4n) is 2.20. The minimum absolute atomic E-state index is 0.175. The maximum Gasteiger partial charge on any atom is 0.307 e. The molecule has 19 heavy (non-hydrogen) atoms. The highest BCUT2D eigenvalue weighted by Crippen LogP contribution is 2.21. The van der Waals surface area contributed by atoms with Crippen LogP contribution in [0.1, 0.15) is 18.4 Å². The van der Waals surface area contributed by atoms with Gasteiger partial charge in [0.05, 0.1) is 13.0 Å². The summed E-state index contributed by atoms with van der Waals surface area (Å²) < 4.78 is 19.2. The number of piperidine rings is 1. The van der Waals surface area contributed by atoms with E-state index in [2.05, 4.69) is 5.32 Å². The molecule has 5 heteroatoms. The van der Waals surface area contributed by atoms with Crippen molar-refractivity contribution < 1.29 is 19.0 Å². The Morgan fingerprint density at radius 3 is 2.79 bits per heavy atom. The largest absolute Gasteiger partial charge is 0.490 e. The van der Waals surface area contributed by atoms with Crippen molar-refractivity contribution in [3.8, 4) is 5.75 Å². The van der Waals surface area contributed by atoms with Gasteiger partial charge in [0.2, 0.25) is 0 Å². The Morgan fingerprint density at radius 2 is 2.16 bits per heavy atom. The van der Waals surface area contributed by atoms with E-state index in [4.69, 9.17) is 9.84 Å².